The van der Waals surface area contributed by atoms with Gasteiger partial charge in [0, 0.05) is 12.3 Å². The van der Waals surface area contributed by atoms with Crippen molar-refractivity contribution in [3.8, 4) is 11.5 Å². The first-order chi connectivity index (χ1) is 8.97. The third-order valence-corrected chi connectivity index (χ3v) is 5.61. The minimum Gasteiger partial charge on any atom is -0.493 e. The zero-order chi connectivity index (χ0) is 14.0. The number of methoxy groups -OCH3 is 2. The van der Waals surface area contributed by atoms with E-state index >= 15 is 0 Å². The van der Waals surface area contributed by atoms with Gasteiger partial charge in [0.25, 0.3) is 0 Å². The molecule has 1 atom stereocenters. The number of rotatable bonds is 4. The van der Waals surface area contributed by atoms with Gasteiger partial charge in [-0.3, -0.25) is 0 Å². The summed E-state index contributed by atoms with van der Waals surface area (Å²) in [4.78, 5) is 0. The molecule has 0 unspecified atom stereocenters. The molecule has 0 radical (unpaired) electrons. The van der Waals surface area contributed by atoms with Crippen molar-refractivity contribution in [2.75, 3.05) is 32.8 Å². The van der Waals surface area contributed by atoms with Crippen LogP contribution in [0.3, 0.4) is 0 Å². The lowest BCUT2D eigenvalue weighted by Gasteiger charge is -2.22. The smallest absolute Gasteiger partial charge is 0.212 e. The fourth-order valence-corrected chi connectivity index (χ4v) is 4.86. The van der Waals surface area contributed by atoms with Crippen molar-refractivity contribution in [2.45, 2.75) is 5.37 Å². The van der Waals surface area contributed by atoms with E-state index in [1.54, 1.807) is 32.0 Å². The van der Waals surface area contributed by atoms with Gasteiger partial charge in [0.1, 0.15) is 0 Å². The summed E-state index contributed by atoms with van der Waals surface area (Å²) in [5.74, 6) is 2.05. The molecule has 1 aromatic carbocycles. The summed E-state index contributed by atoms with van der Waals surface area (Å²) in [6.45, 7) is 0.544. The van der Waals surface area contributed by atoms with E-state index < -0.39 is 10.0 Å². The standard InChI is InChI=1S/C12H17NO4S2/c1-16-10-5-4-9(8-11(10)17-2)12-13(6-7-18-12)19(3,14)15/h4-5,8,12H,6-7H2,1-3H3/t12-/m1/s1. The highest BCUT2D eigenvalue weighted by molar-refractivity contribution is 8.00. The Balaban J connectivity index is 2.36. The summed E-state index contributed by atoms with van der Waals surface area (Å²) in [6, 6.07) is 5.51. The highest BCUT2D eigenvalue weighted by Gasteiger charge is 2.33. The van der Waals surface area contributed by atoms with Crippen LogP contribution in [-0.2, 0) is 10.0 Å². The summed E-state index contributed by atoms with van der Waals surface area (Å²) >= 11 is 1.61. The lowest BCUT2D eigenvalue weighted by molar-refractivity contribution is 0.353. The Morgan fingerprint density at radius 1 is 1.26 bits per heavy atom. The van der Waals surface area contributed by atoms with E-state index in [1.165, 1.54) is 10.6 Å². The van der Waals surface area contributed by atoms with Gasteiger partial charge < -0.3 is 9.47 Å². The molecule has 1 aliphatic heterocycles. The predicted molar refractivity (Wildman–Crippen MR) is 76.3 cm³/mol. The second kappa shape index (κ2) is 5.60. The van der Waals surface area contributed by atoms with Crippen molar-refractivity contribution in [1.82, 2.24) is 4.31 Å². The minimum absolute atomic E-state index is 0.185. The Labute approximate surface area is 117 Å². The van der Waals surface area contributed by atoms with Crippen molar-refractivity contribution < 1.29 is 17.9 Å². The minimum atomic E-state index is -3.19. The van der Waals surface area contributed by atoms with Crippen molar-refractivity contribution in [2.24, 2.45) is 0 Å². The molecule has 106 valence electrons. The van der Waals surface area contributed by atoms with Crippen LogP contribution in [0, 0.1) is 0 Å². The molecule has 1 aliphatic rings. The van der Waals surface area contributed by atoms with E-state index in [0.717, 1.165) is 11.3 Å². The fraction of sp³-hybridized carbons (Fsp3) is 0.500. The lowest BCUT2D eigenvalue weighted by atomic mass is 10.2. The largest absolute Gasteiger partial charge is 0.493 e. The van der Waals surface area contributed by atoms with Gasteiger partial charge in [-0.05, 0) is 17.7 Å². The molecule has 0 N–H and O–H groups in total. The topological polar surface area (TPSA) is 55.8 Å². The van der Waals surface area contributed by atoms with Gasteiger partial charge in [-0.1, -0.05) is 6.07 Å². The lowest BCUT2D eigenvalue weighted by Crippen LogP contribution is -2.29. The number of thioether (sulfide) groups is 1. The molecule has 1 saturated heterocycles. The summed E-state index contributed by atoms with van der Waals surface area (Å²) in [5, 5.41) is -0.185. The monoisotopic (exact) mass is 303 g/mol. The molecular formula is C12H17NO4S2. The summed E-state index contributed by atoms with van der Waals surface area (Å²) < 4.78 is 35.5. The van der Waals surface area contributed by atoms with Gasteiger partial charge in [0.15, 0.2) is 11.5 Å². The highest BCUT2D eigenvalue weighted by atomic mass is 32.2. The maximum absolute atomic E-state index is 11.8. The Morgan fingerprint density at radius 2 is 1.95 bits per heavy atom. The first kappa shape index (κ1) is 14.5. The van der Waals surface area contributed by atoms with E-state index in [1.807, 2.05) is 12.1 Å². The molecule has 0 aromatic heterocycles. The van der Waals surface area contributed by atoms with E-state index in [9.17, 15) is 8.42 Å². The molecule has 0 aliphatic carbocycles. The Bertz CT molecular complexity index is 559. The van der Waals surface area contributed by atoms with Gasteiger partial charge >= 0.3 is 0 Å². The van der Waals surface area contributed by atoms with E-state index in [4.69, 9.17) is 9.47 Å². The van der Waals surface area contributed by atoms with Gasteiger partial charge in [0.05, 0.1) is 25.8 Å². The molecule has 2 rings (SSSR count). The zero-order valence-corrected chi connectivity index (χ0v) is 12.8. The van der Waals surface area contributed by atoms with Crippen LogP contribution >= 0.6 is 11.8 Å². The maximum Gasteiger partial charge on any atom is 0.212 e. The Hall–Kier alpha value is -0.920. The van der Waals surface area contributed by atoms with Crippen molar-refractivity contribution in [1.29, 1.82) is 0 Å². The number of sulfonamides is 1. The van der Waals surface area contributed by atoms with Crippen molar-refractivity contribution >= 4 is 21.8 Å². The van der Waals surface area contributed by atoms with Crippen LogP contribution in [0.15, 0.2) is 18.2 Å². The molecule has 0 spiro atoms. The number of hydrogen-bond donors (Lipinski definition) is 0. The average molecular weight is 303 g/mol. The molecule has 0 amide bonds. The second-order valence-corrected chi connectivity index (χ2v) is 7.33. The first-order valence-corrected chi connectivity index (χ1v) is 8.67. The molecular weight excluding hydrogens is 286 g/mol. The van der Waals surface area contributed by atoms with Crippen LogP contribution in [0.1, 0.15) is 10.9 Å². The Morgan fingerprint density at radius 3 is 2.53 bits per heavy atom. The quantitative estimate of drug-likeness (QED) is 0.847. The summed E-state index contributed by atoms with van der Waals surface area (Å²) in [7, 11) is -0.0534. The second-order valence-electron chi connectivity index (χ2n) is 4.21. The third kappa shape index (κ3) is 2.98. The van der Waals surface area contributed by atoms with E-state index in [2.05, 4.69) is 0 Å². The average Bonchev–Trinajstić information content (AvgIpc) is 2.87. The molecule has 1 aromatic rings. The fourth-order valence-electron chi connectivity index (χ4n) is 2.06. The van der Waals surface area contributed by atoms with Crippen LogP contribution in [0.5, 0.6) is 11.5 Å². The number of benzene rings is 1. The molecule has 0 saturated carbocycles. The van der Waals surface area contributed by atoms with Crippen LogP contribution in [0.25, 0.3) is 0 Å². The molecule has 5 nitrogen and oxygen atoms in total. The normalized spacial score (nSPS) is 20.5. The van der Waals surface area contributed by atoms with Crippen LogP contribution in [-0.4, -0.2) is 45.5 Å². The molecule has 7 heteroatoms. The Kier molecular flexibility index (Phi) is 4.27. The summed E-state index contributed by atoms with van der Waals surface area (Å²) in [5.41, 5.74) is 0.908. The van der Waals surface area contributed by atoms with Crippen molar-refractivity contribution in [3.05, 3.63) is 23.8 Å². The SMILES string of the molecule is COc1ccc([C@H]2SCCN2S(C)(=O)=O)cc1OC. The van der Waals surface area contributed by atoms with Crippen LogP contribution < -0.4 is 9.47 Å². The van der Waals surface area contributed by atoms with E-state index in [0.29, 0.717) is 18.0 Å². The van der Waals surface area contributed by atoms with Crippen molar-refractivity contribution in [3.63, 3.8) is 0 Å². The van der Waals surface area contributed by atoms with Crippen LogP contribution in [0.4, 0.5) is 0 Å². The molecule has 1 fully saturated rings. The number of ether oxygens (including phenoxy) is 2. The van der Waals surface area contributed by atoms with E-state index in [-0.39, 0.29) is 5.37 Å². The third-order valence-electron chi connectivity index (χ3n) is 2.97. The molecule has 0 bridgehead atoms. The first-order valence-electron chi connectivity index (χ1n) is 5.77. The van der Waals surface area contributed by atoms with Gasteiger partial charge in [-0.25, -0.2) is 8.42 Å². The van der Waals surface area contributed by atoms with Gasteiger partial charge in [-0.2, -0.15) is 4.31 Å². The molecule has 1 heterocycles. The number of hydrogen-bond acceptors (Lipinski definition) is 5. The van der Waals surface area contributed by atoms with Gasteiger partial charge in [-0.15, -0.1) is 11.8 Å². The highest BCUT2D eigenvalue weighted by Crippen LogP contribution is 2.42. The predicted octanol–water partition coefficient (Wildman–Crippen LogP) is 1.71. The molecule has 19 heavy (non-hydrogen) atoms. The van der Waals surface area contributed by atoms with Gasteiger partial charge in [0.2, 0.25) is 10.0 Å². The zero-order valence-electron chi connectivity index (χ0n) is 11.1. The summed E-state index contributed by atoms with van der Waals surface area (Å²) in [6.07, 6.45) is 1.24. The van der Waals surface area contributed by atoms with Crippen LogP contribution in [0.2, 0.25) is 0 Å². The number of nitrogens with zero attached hydrogens (tertiary/aromatic N) is 1. The maximum atomic E-state index is 11.8.